The molecule has 36 heavy (non-hydrogen) atoms. The lowest BCUT2D eigenvalue weighted by atomic mass is 9.85. The third-order valence-electron chi connectivity index (χ3n) is 6.44. The van der Waals surface area contributed by atoms with Gasteiger partial charge in [-0.2, -0.15) is 0 Å². The minimum absolute atomic E-state index is 0.0972. The number of rotatable bonds is 11. The molecule has 0 amide bonds. The van der Waals surface area contributed by atoms with Gasteiger partial charge in [0, 0.05) is 27.9 Å². The number of ketones is 1. The van der Waals surface area contributed by atoms with E-state index in [1.54, 1.807) is 47.8 Å². The van der Waals surface area contributed by atoms with Crippen LogP contribution in [0.15, 0.2) is 71.0 Å². The van der Waals surface area contributed by atoms with Gasteiger partial charge < -0.3 is 14.6 Å². The Morgan fingerprint density at radius 3 is 2.06 bits per heavy atom. The summed E-state index contributed by atoms with van der Waals surface area (Å²) in [5, 5.41) is 11.6. The predicted octanol–water partition coefficient (Wildman–Crippen LogP) is 5.42. The maximum absolute atomic E-state index is 13.5. The molecule has 1 aliphatic carbocycles. The molecule has 192 valence electrons. The first kappa shape index (κ1) is 28.0. The van der Waals surface area contributed by atoms with Crippen molar-refractivity contribution in [2.45, 2.75) is 53.6 Å². The van der Waals surface area contributed by atoms with E-state index >= 15 is 0 Å². The van der Waals surface area contributed by atoms with Crippen molar-refractivity contribution in [1.82, 2.24) is 0 Å². The van der Waals surface area contributed by atoms with E-state index in [1.807, 2.05) is 36.8 Å². The van der Waals surface area contributed by atoms with Gasteiger partial charge in [0.25, 0.3) is 0 Å². The van der Waals surface area contributed by atoms with Crippen molar-refractivity contribution in [1.29, 1.82) is 0 Å². The van der Waals surface area contributed by atoms with E-state index < -0.39 is 29.9 Å². The Morgan fingerprint density at radius 2 is 1.53 bits per heavy atom. The topological polar surface area (TPSA) is 89.9 Å². The highest BCUT2D eigenvalue weighted by atomic mass is 32.2. The van der Waals surface area contributed by atoms with Crippen molar-refractivity contribution < 1.29 is 29.0 Å². The molecule has 8 heteroatoms. The summed E-state index contributed by atoms with van der Waals surface area (Å²) in [7, 11) is 0. The van der Waals surface area contributed by atoms with Gasteiger partial charge in [-0.25, -0.2) is 4.79 Å². The number of carbonyl (C=O) groups is 3. The number of Topliss-reactive ketones (excluding diaryl/α,β-unsaturated/α-hetero) is 1. The molecule has 0 bridgehead atoms. The zero-order valence-electron chi connectivity index (χ0n) is 20.6. The van der Waals surface area contributed by atoms with Crippen LogP contribution in [0.2, 0.25) is 0 Å². The highest BCUT2D eigenvalue weighted by Gasteiger charge is 2.40. The normalized spacial score (nSPS) is 19.1. The summed E-state index contributed by atoms with van der Waals surface area (Å²) in [6, 6.07) is 14.0. The third kappa shape index (κ3) is 7.24. The Balaban J connectivity index is 1.68. The number of thioether (sulfide) groups is 2. The van der Waals surface area contributed by atoms with Crippen molar-refractivity contribution in [2.24, 2.45) is 5.92 Å². The van der Waals surface area contributed by atoms with Crippen LogP contribution in [0.3, 0.4) is 0 Å². The van der Waals surface area contributed by atoms with Gasteiger partial charge in [0.2, 0.25) is 5.78 Å². The van der Waals surface area contributed by atoms with E-state index in [9.17, 15) is 19.5 Å². The predicted molar refractivity (Wildman–Crippen MR) is 142 cm³/mol. The number of hydrogen-bond acceptors (Lipinski definition) is 8. The lowest BCUT2D eigenvalue weighted by Crippen LogP contribution is -2.41. The Morgan fingerprint density at radius 1 is 0.972 bits per heavy atom. The second-order valence-electron chi connectivity index (χ2n) is 8.79. The van der Waals surface area contributed by atoms with E-state index in [4.69, 9.17) is 9.47 Å². The average molecular weight is 529 g/mol. The molecule has 6 nitrogen and oxygen atoms in total. The van der Waals surface area contributed by atoms with E-state index in [0.29, 0.717) is 24.0 Å². The largest absolute Gasteiger partial charge is 0.462 e. The second kappa shape index (κ2) is 13.1. The van der Waals surface area contributed by atoms with E-state index in [1.165, 1.54) is 0 Å². The van der Waals surface area contributed by atoms with Crippen molar-refractivity contribution in [2.75, 3.05) is 19.1 Å². The maximum Gasteiger partial charge on any atom is 0.330 e. The summed E-state index contributed by atoms with van der Waals surface area (Å²) in [4.78, 5) is 39.5. The summed E-state index contributed by atoms with van der Waals surface area (Å²) in [6.07, 6.45) is 7.86. The number of esters is 2. The van der Waals surface area contributed by atoms with E-state index in [0.717, 1.165) is 28.7 Å². The van der Waals surface area contributed by atoms with Crippen molar-refractivity contribution in [3.63, 3.8) is 0 Å². The molecule has 1 saturated carbocycles. The number of hydrogen-bond donors (Lipinski definition) is 1. The van der Waals surface area contributed by atoms with Crippen LogP contribution < -0.4 is 0 Å². The van der Waals surface area contributed by atoms with Gasteiger partial charge in [0.1, 0.15) is 12.7 Å². The Hall–Kier alpha value is -2.55. The van der Waals surface area contributed by atoms with Gasteiger partial charge in [-0.05, 0) is 73.9 Å². The summed E-state index contributed by atoms with van der Waals surface area (Å²) in [6.45, 7) is 2.94. The van der Waals surface area contributed by atoms with Gasteiger partial charge in [0.05, 0.1) is 0 Å². The Bertz CT molecular complexity index is 1060. The van der Waals surface area contributed by atoms with Crippen LogP contribution in [0.5, 0.6) is 0 Å². The molecule has 0 spiro atoms. The third-order valence-corrected chi connectivity index (χ3v) is 7.92. The molecule has 1 unspecified atom stereocenters. The summed E-state index contributed by atoms with van der Waals surface area (Å²) in [5.41, 5.74) is -1.30. The van der Waals surface area contributed by atoms with Crippen LogP contribution in [-0.2, 0) is 24.7 Å². The monoisotopic (exact) mass is 528 g/mol. The first-order chi connectivity index (χ1) is 17.3. The zero-order valence-corrected chi connectivity index (χ0v) is 22.2. The fraction of sp³-hybridized carbons (Fsp3) is 0.393. The molecule has 0 aliphatic heterocycles. The second-order valence-corrected chi connectivity index (χ2v) is 10.6. The minimum atomic E-state index is -2.01. The minimum Gasteiger partial charge on any atom is -0.462 e. The van der Waals surface area contributed by atoms with Gasteiger partial charge in [-0.15, -0.1) is 23.5 Å². The molecule has 0 heterocycles. The molecular formula is C28H32O6S2. The van der Waals surface area contributed by atoms with Gasteiger partial charge >= 0.3 is 11.9 Å². The van der Waals surface area contributed by atoms with Gasteiger partial charge in [-0.1, -0.05) is 30.8 Å². The highest BCUT2D eigenvalue weighted by molar-refractivity contribution is 7.98. The van der Waals surface area contributed by atoms with Crippen LogP contribution in [0.25, 0.3) is 0 Å². The molecule has 0 aromatic heterocycles. The average Bonchev–Trinajstić information content (AvgIpc) is 2.92. The number of benzene rings is 2. The molecule has 3 rings (SSSR count). The van der Waals surface area contributed by atoms with E-state index in [-0.39, 0.29) is 18.4 Å². The lowest BCUT2D eigenvalue weighted by Gasteiger charge is -2.29. The van der Waals surface area contributed by atoms with Crippen LogP contribution in [0.1, 0.15) is 48.0 Å². The first-order valence-electron chi connectivity index (χ1n) is 11.8. The van der Waals surface area contributed by atoms with Gasteiger partial charge in [0.15, 0.2) is 5.60 Å². The molecule has 2 aromatic carbocycles. The first-order valence-corrected chi connectivity index (χ1v) is 14.3. The molecule has 1 atom stereocenters. The molecular weight excluding hydrogens is 496 g/mol. The molecule has 2 aromatic rings. The standard InChI is InChI=1S/C28H32O6S2/c1-4-25(29)34-22-11-5-19(6-12-22)17-26(30)33-18-28(32,21-9-15-24(36-3)16-10-21)27(31)20-7-13-23(35-2)14-8-20/h4,7-10,13-16,19,22,32H,1,5-6,11-12,17-18H2,2-3H3. The lowest BCUT2D eigenvalue weighted by molar-refractivity contribution is -0.152. The van der Waals surface area contributed by atoms with Crippen LogP contribution in [-0.4, -0.2) is 48.1 Å². The fourth-order valence-electron chi connectivity index (χ4n) is 4.27. The van der Waals surface area contributed by atoms with Crippen molar-refractivity contribution >= 4 is 41.2 Å². The van der Waals surface area contributed by atoms with Gasteiger partial charge in [-0.3, -0.25) is 9.59 Å². The van der Waals surface area contributed by atoms with Crippen molar-refractivity contribution in [3.8, 4) is 0 Å². The number of aliphatic hydroxyl groups is 1. The summed E-state index contributed by atoms with van der Waals surface area (Å²) >= 11 is 3.11. The molecule has 1 aliphatic rings. The quantitative estimate of drug-likeness (QED) is 0.179. The summed E-state index contributed by atoms with van der Waals surface area (Å²) < 4.78 is 10.8. The van der Waals surface area contributed by atoms with Crippen molar-refractivity contribution in [3.05, 3.63) is 72.3 Å². The number of ether oxygens (including phenoxy) is 2. The van der Waals surface area contributed by atoms with Crippen LogP contribution in [0, 0.1) is 5.92 Å². The molecule has 0 saturated heterocycles. The maximum atomic E-state index is 13.5. The molecule has 1 fully saturated rings. The smallest absolute Gasteiger partial charge is 0.330 e. The van der Waals surface area contributed by atoms with E-state index in [2.05, 4.69) is 6.58 Å². The summed E-state index contributed by atoms with van der Waals surface area (Å²) in [5.74, 6) is -1.33. The zero-order chi connectivity index (χ0) is 26.1. The highest BCUT2D eigenvalue weighted by Crippen LogP contribution is 2.31. The van der Waals surface area contributed by atoms with Crippen LogP contribution in [0.4, 0.5) is 0 Å². The SMILES string of the molecule is C=CC(=O)OC1CCC(CC(=O)OCC(O)(C(=O)c2ccc(SC)cc2)c2ccc(SC)cc2)CC1. The Labute approximate surface area is 220 Å². The molecule has 1 N–H and O–H groups in total. The number of carbonyl (C=O) groups excluding carboxylic acids is 3. The van der Waals surface area contributed by atoms with Crippen LogP contribution >= 0.6 is 23.5 Å². The molecule has 0 radical (unpaired) electrons. The Kier molecular flexibility index (Phi) is 10.2. The fourth-order valence-corrected chi connectivity index (χ4v) is 5.09.